The predicted molar refractivity (Wildman–Crippen MR) is 145 cm³/mol. The molecule has 0 aliphatic rings. The van der Waals surface area contributed by atoms with Crippen LogP contribution in [-0.4, -0.2) is 14.5 Å². The minimum atomic E-state index is -0.271. The average Bonchev–Trinajstić information content (AvgIpc) is 3.33. The van der Waals surface area contributed by atoms with Gasteiger partial charge in [0.2, 0.25) is 11.8 Å². The fourth-order valence-electron chi connectivity index (χ4n) is 3.75. The number of rotatable bonds is 8. The molecular weight excluding hydrogens is 488 g/mol. The first-order valence-corrected chi connectivity index (χ1v) is 12.1. The molecule has 186 valence electrons. The van der Waals surface area contributed by atoms with Gasteiger partial charge in [-0.05, 0) is 61.4 Å². The SMILES string of the molecule is Cc1ccc(COc2ccc(Nc3ncc(-c4ncc(C)o4)c(=O)n3Cc3ccc(Cl)cc3)cc2)cc1. The van der Waals surface area contributed by atoms with E-state index < -0.39 is 0 Å². The molecule has 0 aliphatic heterocycles. The molecule has 0 unspecified atom stereocenters. The number of hydrogen-bond acceptors (Lipinski definition) is 6. The van der Waals surface area contributed by atoms with E-state index in [1.54, 1.807) is 29.8 Å². The first kappa shape index (κ1) is 24.3. The molecule has 1 N–H and O–H groups in total. The van der Waals surface area contributed by atoms with Crippen molar-refractivity contribution in [3.05, 3.63) is 123 Å². The summed E-state index contributed by atoms with van der Waals surface area (Å²) in [7, 11) is 0. The number of aryl methyl sites for hydroxylation is 2. The van der Waals surface area contributed by atoms with Crippen LogP contribution in [0.2, 0.25) is 5.02 Å². The lowest BCUT2D eigenvalue weighted by Gasteiger charge is -2.15. The van der Waals surface area contributed by atoms with Gasteiger partial charge in [-0.3, -0.25) is 9.36 Å². The summed E-state index contributed by atoms with van der Waals surface area (Å²) in [4.78, 5) is 22.2. The van der Waals surface area contributed by atoms with Crippen molar-refractivity contribution >= 4 is 23.2 Å². The zero-order valence-corrected chi connectivity index (χ0v) is 21.2. The summed E-state index contributed by atoms with van der Waals surface area (Å²) in [5.41, 5.74) is 3.99. The van der Waals surface area contributed by atoms with Crippen LogP contribution in [0.15, 0.2) is 94.4 Å². The Morgan fingerprint density at radius 1 is 0.892 bits per heavy atom. The fourth-order valence-corrected chi connectivity index (χ4v) is 3.88. The van der Waals surface area contributed by atoms with E-state index in [9.17, 15) is 4.79 Å². The van der Waals surface area contributed by atoms with Crippen LogP contribution in [0.5, 0.6) is 5.75 Å². The van der Waals surface area contributed by atoms with Crippen LogP contribution in [0, 0.1) is 13.8 Å². The van der Waals surface area contributed by atoms with E-state index in [1.807, 2.05) is 36.4 Å². The van der Waals surface area contributed by atoms with Crippen LogP contribution >= 0.6 is 11.6 Å². The highest BCUT2D eigenvalue weighted by Crippen LogP contribution is 2.22. The van der Waals surface area contributed by atoms with Crippen molar-refractivity contribution < 1.29 is 9.15 Å². The Labute approximate surface area is 219 Å². The molecule has 0 radical (unpaired) electrons. The Morgan fingerprint density at radius 2 is 1.59 bits per heavy atom. The topological polar surface area (TPSA) is 82.2 Å². The number of nitrogens with zero attached hydrogens (tertiary/aromatic N) is 3. The summed E-state index contributed by atoms with van der Waals surface area (Å²) >= 11 is 6.04. The zero-order chi connectivity index (χ0) is 25.8. The molecule has 7 nitrogen and oxygen atoms in total. The number of hydrogen-bond donors (Lipinski definition) is 1. The van der Waals surface area contributed by atoms with E-state index in [-0.39, 0.29) is 23.6 Å². The van der Waals surface area contributed by atoms with Crippen LogP contribution < -0.4 is 15.6 Å². The molecule has 8 heteroatoms. The molecule has 0 amide bonds. The van der Waals surface area contributed by atoms with Gasteiger partial charge in [0.15, 0.2) is 0 Å². The maximum Gasteiger partial charge on any atom is 0.267 e. The lowest BCUT2D eigenvalue weighted by molar-refractivity contribution is 0.306. The molecule has 2 aromatic heterocycles. The van der Waals surface area contributed by atoms with Crippen molar-refractivity contribution in [2.75, 3.05) is 5.32 Å². The molecule has 0 atom stereocenters. The van der Waals surface area contributed by atoms with E-state index in [1.165, 1.54) is 11.8 Å². The smallest absolute Gasteiger partial charge is 0.267 e. The largest absolute Gasteiger partial charge is 0.489 e. The lowest BCUT2D eigenvalue weighted by atomic mass is 10.2. The molecule has 0 saturated heterocycles. The summed E-state index contributed by atoms with van der Waals surface area (Å²) in [5, 5.41) is 3.88. The summed E-state index contributed by atoms with van der Waals surface area (Å²) in [6.45, 7) is 4.61. The monoisotopic (exact) mass is 512 g/mol. The van der Waals surface area contributed by atoms with Crippen molar-refractivity contribution in [3.8, 4) is 17.2 Å². The Hall–Kier alpha value is -4.36. The highest BCUT2D eigenvalue weighted by molar-refractivity contribution is 6.30. The van der Waals surface area contributed by atoms with Gasteiger partial charge in [-0.15, -0.1) is 0 Å². The Balaban J connectivity index is 1.39. The van der Waals surface area contributed by atoms with Gasteiger partial charge in [0.1, 0.15) is 23.7 Å². The standard InChI is InChI=1S/C29H25ClN4O3/c1-19-3-5-22(6-4-19)18-36-25-13-11-24(12-14-25)33-29-32-16-26(27-31-15-20(2)37-27)28(35)34(29)17-21-7-9-23(30)10-8-21/h3-16H,17-18H2,1-2H3,(H,32,33). The molecule has 5 aromatic rings. The molecular formula is C29H25ClN4O3. The van der Waals surface area contributed by atoms with Crippen molar-refractivity contribution in [1.29, 1.82) is 0 Å². The van der Waals surface area contributed by atoms with Crippen molar-refractivity contribution in [1.82, 2.24) is 14.5 Å². The summed E-state index contributed by atoms with van der Waals surface area (Å²) < 4.78 is 13.1. The Morgan fingerprint density at radius 3 is 2.27 bits per heavy atom. The third kappa shape index (κ3) is 5.90. The number of benzene rings is 3. The maximum absolute atomic E-state index is 13.5. The second-order valence-corrected chi connectivity index (χ2v) is 9.15. The normalized spacial score (nSPS) is 10.9. The number of halogens is 1. The third-order valence-corrected chi connectivity index (χ3v) is 6.04. The van der Waals surface area contributed by atoms with Gasteiger partial charge < -0.3 is 14.5 Å². The van der Waals surface area contributed by atoms with Crippen LogP contribution in [0.1, 0.15) is 22.5 Å². The van der Waals surface area contributed by atoms with Gasteiger partial charge in [0.25, 0.3) is 5.56 Å². The van der Waals surface area contributed by atoms with Crippen LogP contribution in [0.4, 0.5) is 11.6 Å². The van der Waals surface area contributed by atoms with Gasteiger partial charge in [-0.1, -0.05) is 53.6 Å². The number of anilines is 2. The van der Waals surface area contributed by atoms with E-state index in [0.29, 0.717) is 23.3 Å². The molecule has 0 aliphatic carbocycles. The van der Waals surface area contributed by atoms with Gasteiger partial charge in [-0.25, -0.2) is 9.97 Å². The average molecular weight is 513 g/mol. The zero-order valence-electron chi connectivity index (χ0n) is 20.4. The molecule has 5 rings (SSSR count). The Kier molecular flexibility index (Phi) is 7.05. The van der Waals surface area contributed by atoms with E-state index >= 15 is 0 Å². The molecule has 3 aromatic carbocycles. The second kappa shape index (κ2) is 10.7. The van der Waals surface area contributed by atoms with Gasteiger partial charge in [-0.2, -0.15) is 0 Å². The lowest BCUT2D eigenvalue weighted by Crippen LogP contribution is -2.26. The highest BCUT2D eigenvalue weighted by Gasteiger charge is 2.16. The number of oxazole rings is 1. The number of ether oxygens (including phenoxy) is 1. The minimum absolute atomic E-state index is 0.237. The van der Waals surface area contributed by atoms with Crippen molar-refractivity contribution in [2.24, 2.45) is 0 Å². The summed E-state index contributed by atoms with van der Waals surface area (Å²) in [5.74, 6) is 1.99. The van der Waals surface area contributed by atoms with Crippen LogP contribution in [0.25, 0.3) is 11.5 Å². The molecule has 2 heterocycles. The quantitative estimate of drug-likeness (QED) is 0.254. The second-order valence-electron chi connectivity index (χ2n) is 8.71. The first-order chi connectivity index (χ1) is 17.9. The minimum Gasteiger partial charge on any atom is -0.489 e. The Bertz CT molecular complexity index is 1560. The number of aromatic nitrogens is 3. The van der Waals surface area contributed by atoms with E-state index in [2.05, 4.69) is 46.5 Å². The molecule has 0 fully saturated rings. The van der Waals surface area contributed by atoms with Gasteiger partial charge in [0, 0.05) is 16.9 Å². The van der Waals surface area contributed by atoms with Gasteiger partial charge in [0.05, 0.1) is 12.7 Å². The maximum atomic E-state index is 13.5. The van der Waals surface area contributed by atoms with Crippen molar-refractivity contribution in [2.45, 2.75) is 27.0 Å². The summed E-state index contributed by atoms with van der Waals surface area (Å²) in [6, 6.07) is 23.1. The number of nitrogens with one attached hydrogen (secondary N) is 1. The third-order valence-electron chi connectivity index (χ3n) is 5.79. The van der Waals surface area contributed by atoms with Crippen LogP contribution in [0.3, 0.4) is 0 Å². The van der Waals surface area contributed by atoms with Crippen LogP contribution in [-0.2, 0) is 13.2 Å². The highest BCUT2D eigenvalue weighted by atomic mass is 35.5. The molecule has 0 bridgehead atoms. The predicted octanol–water partition coefficient (Wildman–Crippen LogP) is 6.54. The fraction of sp³-hybridized carbons (Fsp3) is 0.138. The van der Waals surface area contributed by atoms with E-state index in [0.717, 1.165) is 22.6 Å². The molecule has 0 saturated carbocycles. The summed E-state index contributed by atoms with van der Waals surface area (Å²) in [6.07, 6.45) is 3.06. The first-order valence-electron chi connectivity index (χ1n) is 11.8. The van der Waals surface area contributed by atoms with Crippen molar-refractivity contribution in [3.63, 3.8) is 0 Å². The molecule has 0 spiro atoms. The molecule has 37 heavy (non-hydrogen) atoms. The van der Waals surface area contributed by atoms with E-state index in [4.69, 9.17) is 20.8 Å². The van der Waals surface area contributed by atoms with Gasteiger partial charge >= 0.3 is 0 Å².